The van der Waals surface area contributed by atoms with Crippen LogP contribution in [0.15, 0.2) is 30.3 Å². The molecule has 120 valence electrons. The largest absolute Gasteiger partial charge is 0.424 e. The lowest BCUT2D eigenvalue weighted by Gasteiger charge is -2.35. The molecule has 0 aromatic heterocycles. The highest BCUT2D eigenvalue weighted by atomic mass is 16.8. The Morgan fingerprint density at radius 2 is 1.82 bits per heavy atom. The first-order valence-electron chi connectivity index (χ1n) is 7.40. The molecule has 0 unspecified atom stereocenters. The number of esters is 1. The third-order valence-corrected chi connectivity index (χ3v) is 3.68. The van der Waals surface area contributed by atoms with E-state index in [1.165, 1.54) is 13.8 Å². The van der Waals surface area contributed by atoms with Gasteiger partial charge in [0.25, 0.3) is 5.79 Å². The van der Waals surface area contributed by atoms with Gasteiger partial charge in [0, 0.05) is 25.8 Å². The second-order valence-electron chi connectivity index (χ2n) is 6.62. The average Bonchev–Trinajstić information content (AvgIpc) is 2.80. The Morgan fingerprint density at radius 1 is 1.23 bits per heavy atom. The molecule has 0 spiro atoms. The minimum absolute atomic E-state index is 0.163. The van der Waals surface area contributed by atoms with Crippen molar-refractivity contribution < 1.29 is 19.2 Å². The zero-order chi connectivity index (χ0) is 16.5. The number of carbonyl (C=O) groups is 2. The van der Waals surface area contributed by atoms with Crippen LogP contribution in [0.2, 0.25) is 0 Å². The van der Waals surface area contributed by atoms with E-state index in [1.54, 1.807) is 5.06 Å². The maximum Gasteiger partial charge on any atom is 0.305 e. The van der Waals surface area contributed by atoms with Crippen LogP contribution < -0.4 is 0 Å². The number of carbonyl (C=O) groups excluding carboxylic acids is 2. The van der Waals surface area contributed by atoms with Gasteiger partial charge >= 0.3 is 5.97 Å². The Labute approximate surface area is 131 Å². The standard InChI is InChI=1S/C17H23NO4/c1-12(19)17(21-13(2)20)11-15(14-9-7-6-8-10-14)18(22-17)16(3,4)5/h6-10,15H,11H2,1-5H3/t15-,17-/m1/s1. The molecule has 1 aromatic carbocycles. The van der Waals surface area contributed by atoms with E-state index in [0.717, 1.165) is 5.56 Å². The van der Waals surface area contributed by atoms with Crippen LogP contribution in [0.1, 0.15) is 52.6 Å². The Balaban J connectivity index is 2.44. The zero-order valence-electron chi connectivity index (χ0n) is 13.8. The summed E-state index contributed by atoms with van der Waals surface area (Å²) >= 11 is 0. The lowest BCUT2D eigenvalue weighted by atomic mass is 9.95. The second kappa shape index (κ2) is 5.82. The van der Waals surface area contributed by atoms with Gasteiger partial charge in [0.1, 0.15) is 0 Å². The summed E-state index contributed by atoms with van der Waals surface area (Å²) in [6, 6.07) is 9.62. The first-order valence-corrected chi connectivity index (χ1v) is 7.40. The number of hydrogen-bond donors (Lipinski definition) is 0. The summed E-state index contributed by atoms with van der Waals surface area (Å²) in [7, 11) is 0. The molecule has 0 aliphatic carbocycles. The molecule has 2 atom stereocenters. The SMILES string of the molecule is CC(=O)O[C@]1(C(C)=O)C[C@H](c2ccccc2)N(C(C)(C)C)O1. The van der Waals surface area contributed by atoms with Crippen LogP contribution in [0.5, 0.6) is 0 Å². The third kappa shape index (κ3) is 3.20. The predicted octanol–water partition coefficient (Wildman–Crippen LogP) is 3.01. The average molecular weight is 305 g/mol. The molecule has 1 aromatic rings. The van der Waals surface area contributed by atoms with Crippen molar-refractivity contribution in [2.45, 2.75) is 58.4 Å². The van der Waals surface area contributed by atoms with Gasteiger partial charge in [0.2, 0.25) is 5.78 Å². The van der Waals surface area contributed by atoms with Crippen LogP contribution >= 0.6 is 0 Å². The molecule has 22 heavy (non-hydrogen) atoms. The van der Waals surface area contributed by atoms with Gasteiger partial charge in [-0.2, -0.15) is 5.06 Å². The van der Waals surface area contributed by atoms with Crippen LogP contribution in [-0.4, -0.2) is 28.1 Å². The van der Waals surface area contributed by atoms with E-state index in [-0.39, 0.29) is 23.8 Å². The molecule has 0 radical (unpaired) electrons. The molecule has 1 saturated heterocycles. The number of ketones is 1. The van der Waals surface area contributed by atoms with Crippen LogP contribution in [-0.2, 0) is 19.2 Å². The normalized spacial score (nSPS) is 26.0. The number of hydrogen-bond acceptors (Lipinski definition) is 5. The van der Waals surface area contributed by atoms with Gasteiger partial charge in [-0.3, -0.25) is 9.59 Å². The van der Waals surface area contributed by atoms with Gasteiger partial charge in [-0.1, -0.05) is 30.3 Å². The van der Waals surface area contributed by atoms with Gasteiger partial charge < -0.3 is 4.74 Å². The fourth-order valence-corrected chi connectivity index (χ4v) is 2.70. The van der Waals surface area contributed by atoms with E-state index in [2.05, 4.69) is 0 Å². The van der Waals surface area contributed by atoms with Crippen molar-refractivity contribution in [3.63, 3.8) is 0 Å². The summed E-state index contributed by atoms with van der Waals surface area (Å²) in [4.78, 5) is 29.5. The highest BCUT2D eigenvalue weighted by molar-refractivity contribution is 5.86. The molecule has 1 heterocycles. The van der Waals surface area contributed by atoms with Crippen molar-refractivity contribution in [1.29, 1.82) is 0 Å². The van der Waals surface area contributed by atoms with Gasteiger partial charge in [0.05, 0.1) is 6.04 Å². The highest BCUT2D eigenvalue weighted by Gasteiger charge is 2.55. The Hall–Kier alpha value is -1.72. The molecule has 1 aliphatic rings. The molecule has 0 bridgehead atoms. The van der Waals surface area contributed by atoms with Crippen molar-refractivity contribution in [3.8, 4) is 0 Å². The summed E-state index contributed by atoms with van der Waals surface area (Å²) in [6.45, 7) is 8.65. The van der Waals surface area contributed by atoms with Crippen LogP contribution in [0.3, 0.4) is 0 Å². The van der Waals surface area contributed by atoms with Crippen molar-refractivity contribution in [1.82, 2.24) is 5.06 Å². The molecule has 1 fully saturated rings. The molecule has 0 N–H and O–H groups in total. The van der Waals surface area contributed by atoms with Crippen molar-refractivity contribution in [2.24, 2.45) is 0 Å². The second-order valence-corrected chi connectivity index (χ2v) is 6.62. The van der Waals surface area contributed by atoms with Gasteiger partial charge in [-0.05, 0) is 26.3 Å². The maximum absolute atomic E-state index is 12.1. The molecule has 1 aliphatic heterocycles. The summed E-state index contributed by atoms with van der Waals surface area (Å²) in [5, 5.41) is 1.76. The number of benzene rings is 1. The van der Waals surface area contributed by atoms with E-state index in [4.69, 9.17) is 9.57 Å². The number of hydroxylamine groups is 2. The van der Waals surface area contributed by atoms with Crippen LogP contribution in [0.25, 0.3) is 0 Å². The lowest BCUT2D eigenvalue weighted by molar-refractivity contribution is -0.302. The number of Topliss-reactive ketones (excluding diaryl/α,β-unsaturated/α-hetero) is 1. The monoisotopic (exact) mass is 305 g/mol. The van der Waals surface area contributed by atoms with Gasteiger partial charge in [-0.25, -0.2) is 4.84 Å². The first kappa shape index (κ1) is 16.6. The molecule has 5 heteroatoms. The number of ether oxygens (including phenoxy) is 1. The Bertz CT molecular complexity index is 564. The molecule has 0 saturated carbocycles. The molecule has 0 amide bonds. The van der Waals surface area contributed by atoms with Crippen molar-refractivity contribution in [3.05, 3.63) is 35.9 Å². The molecule has 2 rings (SSSR count). The van der Waals surface area contributed by atoms with Gasteiger partial charge in [0.15, 0.2) is 0 Å². The van der Waals surface area contributed by atoms with Crippen molar-refractivity contribution >= 4 is 11.8 Å². The van der Waals surface area contributed by atoms with E-state index in [9.17, 15) is 9.59 Å². The lowest BCUT2D eigenvalue weighted by Crippen LogP contribution is -2.46. The minimum Gasteiger partial charge on any atom is -0.424 e. The van der Waals surface area contributed by atoms with E-state index >= 15 is 0 Å². The topological polar surface area (TPSA) is 55.8 Å². The summed E-state index contributed by atoms with van der Waals surface area (Å²) in [5.41, 5.74) is 0.672. The Morgan fingerprint density at radius 3 is 2.27 bits per heavy atom. The smallest absolute Gasteiger partial charge is 0.305 e. The van der Waals surface area contributed by atoms with E-state index < -0.39 is 11.8 Å². The number of nitrogens with zero attached hydrogens (tertiary/aromatic N) is 1. The highest BCUT2D eigenvalue weighted by Crippen LogP contribution is 2.45. The fraction of sp³-hybridized carbons (Fsp3) is 0.529. The van der Waals surface area contributed by atoms with E-state index in [0.29, 0.717) is 0 Å². The maximum atomic E-state index is 12.1. The quantitative estimate of drug-likeness (QED) is 0.803. The molecular weight excluding hydrogens is 282 g/mol. The van der Waals surface area contributed by atoms with Crippen molar-refractivity contribution in [2.75, 3.05) is 0 Å². The summed E-state index contributed by atoms with van der Waals surface area (Å²) in [6.07, 6.45) is 0.281. The first-order chi connectivity index (χ1) is 10.2. The van der Waals surface area contributed by atoms with E-state index in [1.807, 2.05) is 51.1 Å². The number of rotatable bonds is 3. The predicted molar refractivity (Wildman–Crippen MR) is 81.7 cm³/mol. The van der Waals surface area contributed by atoms with Crippen LogP contribution in [0, 0.1) is 0 Å². The Kier molecular flexibility index (Phi) is 4.40. The summed E-state index contributed by atoms with van der Waals surface area (Å²) < 4.78 is 5.29. The minimum atomic E-state index is -1.54. The fourth-order valence-electron chi connectivity index (χ4n) is 2.70. The van der Waals surface area contributed by atoms with Gasteiger partial charge in [-0.15, -0.1) is 0 Å². The molecular formula is C17H23NO4. The third-order valence-electron chi connectivity index (χ3n) is 3.68. The zero-order valence-corrected chi connectivity index (χ0v) is 13.8. The summed E-state index contributed by atoms with van der Waals surface area (Å²) in [5.74, 6) is -2.38. The molecule has 5 nitrogen and oxygen atoms in total. The van der Waals surface area contributed by atoms with Crippen LogP contribution in [0.4, 0.5) is 0 Å².